The molecule has 0 aromatic carbocycles. The smallest absolute Gasteiger partial charge is 0.354 e. The molecule has 0 N–H and O–H groups in total. The van der Waals surface area contributed by atoms with Crippen molar-refractivity contribution in [1.82, 2.24) is 3.71 Å². The van der Waals surface area contributed by atoms with E-state index in [9.17, 15) is 34.6 Å². The first-order valence-electron chi connectivity index (χ1n) is 5.05. The predicted molar refractivity (Wildman–Crippen MR) is 67.8 cm³/mol. The van der Waals surface area contributed by atoms with E-state index in [1.165, 1.54) is 0 Å². The largest absolute Gasteiger partial charge is 0.458 e. The zero-order valence-electron chi connectivity index (χ0n) is 9.60. The number of nitrogens with zero attached hydrogens (tertiary/aromatic N) is 1. The molecule has 3 heterocycles. The SMILES string of the molecule is CN(S1(=O)=CC1(F)F)S1(=O)=CC1(F)C(F)C1(F)C=[S-]1=O. The highest BCUT2D eigenvalue weighted by Gasteiger charge is 2.71. The summed E-state index contributed by atoms with van der Waals surface area (Å²) in [4.78, 5) is 0. The summed E-state index contributed by atoms with van der Waals surface area (Å²) in [6.45, 7) is 0. The molecule has 12 heteroatoms. The quantitative estimate of drug-likeness (QED) is 0.405. The van der Waals surface area contributed by atoms with Crippen molar-refractivity contribution in [2.45, 2.75) is 21.4 Å². The van der Waals surface area contributed by atoms with Gasteiger partial charge >= 0.3 is 5.25 Å². The van der Waals surface area contributed by atoms with Crippen molar-refractivity contribution < 1.29 is 34.6 Å². The first kappa shape index (κ1) is 14.6. The van der Waals surface area contributed by atoms with E-state index in [2.05, 4.69) is 0 Å². The topological polar surface area (TPSA) is 54.5 Å². The van der Waals surface area contributed by atoms with Crippen LogP contribution in [0.3, 0.4) is 0 Å². The van der Waals surface area contributed by atoms with Crippen LogP contribution in [-0.2, 0) is 34.0 Å². The van der Waals surface area contributed by atoms with E-state index >= 15 is 0 Å². The monoisotopic (exact) mass is 356 g/mol. The second-order valence-electron chi connectivity index (χ2n) is 4.55. The Kier molecular flexibility index (Phi) is 2.45. The summed E-state index contributed by atoms with van der Waals surface area (Å²) in [6, 6.07) is 0. The summed E-state index contributed by atoms with van der Waals surface area (Å²) in [6.07, 6.45) is -3.07. The van der Waals surface area contributed by atoms with E-state index in [1.54, 1.807) is 0 Å². The van der Waals surface area contributed by atoms with Gasteiger partial charge in [-0.15, -0.1) is 0 Å². The van der Waals surface area contributed by atoms with Gasteiger partial charge in [-0.25, -0.2) is 27.6 Å². The van der Waals surface area contributed by atoms with E-state index in [-0.39, 0.29) is 14.4 Å². The summed E-state index contributed by atoms with van der Waals surface area (Å²) in [5.41, 5.74) is 0. The summed E-state index contributed by atoms with van der Waals surface area (Å²) in [5.74, 6) is 0. The van der Waals surface area contributed by atoms with E-state index < -0.39 is 51.2 Å². The van der Waals surface area contributed by atoms with Gasteiger partial charge in [0.1, 0.15) is 9.71 Å². The number of hydrogen-bond donors (Lipinski definition) is 0. The average Bonchev–Trinajstić information content (AvgIpc) is 3.21. The fraction of sp³-hybridized carbons (Fsp3) is 0.625. The Morgan fingerprint density at radius 3 is 1.95 bits per heavy atom. The van der Waals surface area contributed by atoms with Crippen molar-refractivity contribution in [3.8, 4) is 0 Å². The third-order valence-corrected chi connectivity index (χ3v) is 10.3. The maximum absolute atomic E-state index is 14.2. The minimum Gasteiger partial charge on any atom is -0.458 e. The Hall–Kier alpha value is -0.330. The number of alkyl halides is 5. The summed E-state index contributed by atoms with van der Waals surface area (Å²) in [5, 5.41) is -9.59. The van der Waals surface area contributed by atoms with Crippen LogP contribution in [0, 0.1) is 0 Å². The number of hydrogen-bond acceptors (Lipinski definition) is 4. The van der Waals surface area contributed by atoms with E-state index in [0.717, 1.165) is 0 Å². The molecule has 0 bridgehead atoms. The minimum absolute atomic E-state index is 0.0568. The molecule has 3 rings (SSSR count). The maximum Gasteiger partial charge on any atom is 0.354 e. The molecule has 0 saturated heterocycles. The molecular formula is C8H7F5NO3S3-. The lowest BCUT2D eigenvalue weighted by molar-refractivity contribution is 0.126. The van der Waals surface area contributed by atoms with Crippen molar-refractivity contribution in [3.63, 3.8) is 0 Å². The van der Waals surface area contributed by atoms with Crippen LogP contribution in [0.1, 0.15) is 0 Å². The molecule has 4 nitrogen and oxygen atoms in total. The summed E-state index contributed by atoms with van der Waals surface area (Å²) >= 11 is 0. The van der Waals surface area contributed by atoms with Crippen LogP contribution in [0.4, 0.5) is 22.0 Å². The average molecular weight is 356 g/mol. The fourth-order valence-electron chi connectivity index (χ4n) is 1.80. The van der Waals surface area contributed by atoms with Gasteiger partial charge in [-0.1, -0.05) is 0 Å². The standard InChI is InChI=1S/C8H7F5NO3S3/c1-14(20(17)4-8(20,12)13)19(16)3-7(19,11)5(9)6(10)2-18(6)15/h2-5H,1H3/q-1. The molecule has 5 unspecified atom stereocenters. The van der Waals surface area contributed by atoms with Crippen LogP contribution in [-0.4, -0.2) is 56.7 Å². The third kappa shape index (κ3) is 1.43. The summed E-state index contributed by atoms with van der Waals surface area (Å²) < 4.78 is 102. The molecule has 0 radical (unpaired) electrons. The molecular weight excluding hydrogens is 349 g/mol. The molecule has 0 spiro atoms. The van der Waals surface area contributed by atoms with Crippen LogP contribution in [0.5, 0.6) is 0 Å². The lowest BCUT2D eigenvalue weighted by Crippen LogP contribution is -2.44. The Morgan fingerprint density at radius 2 is 1.60 bits per heavy atom. The zero-order valence-corrected chi connectivity index (χ0v) is 12.0. The van der Waals surface area contributed by atoms with E-state index in [4.69, 9.17) is 0 Å². The lowest BCUT2D eigenvalue weighted by atomic mass is 10.2. The van der Waals surface area contributed by atoms with Crippen LogP contribution in [0.25, 0.3) is 0 Å². The molecule has 116 valence electrons. The van der Waals surface area contributed by atoms with Gasteiger partial charge in [0.2, 0.25) is 0 Å². The Balaban J connectivity index is 1.89. The van der Waals surface area contributed by atoms with Crippen LogP contribution in [0.15, 0.2) is 0 Å². The molecule has 20 heavy (non-hydrogen) atoms. The number of rotatable bonds is 4. The summed E-state index contributed by atoms with van der Waals surface area (Å²) in [7, 11) is -10.0. The van der Waals surface area contributed by atoms with Gasteiger partial charge < -0.3 is 4.21 Å². The van der Waals surface area contributed by atoms with Gasteiger partial charge in [0.25, 0.3) is 5.00 Å². The highest BCUT2D eigenvalue weighted by molar-refractivity contribution is 8.22. The minimum atomic E-state index is -4.19. The zero-order chi connectivity index (χ0) is 15.4. The van der Waals surface area contributed by atoms with Crippen molar-refractivity contribution >= 4 is 45.9 Å². The molecule has 3 aliphatic heterocycles. The molecule has 3 aliphatic rings. The molecule has 5 atom stereocenters. The highest BCUT2D eigenvalue weighted by Crippen LogP contribution is 2.50. The maximum atomic E-state index is 14.2. The first-order chi connectivity index (χ1) is 8.85. The number of halogens is 5. The molecule has 0 aliphatic carbocycles. The van der Waals surface area contributed by atoms with Gasteiger partial charge in [0.15, 0.2) is 6.17 Å². The Morgan fingerprint density at radius 1 is 1.15 bits per heavy atom. The Labute approximate surface area is 113 Å². The van der Waals surface area contributed by atoms with Crippen molar-refractivity contribution in [2.75, 3.05) is 7.05 Å². The van der Waals surface area contributed by atoms with Crippen molar-refractivity contribution in [2.24, 2.45) is 0 Å². The first-order valence-corrected chi connectivity index (χ1v) is 9.42. The second-order valence-corrected chi connectivity index (χ2v) is 11.2. The van der Waals surface area contributed by atoms with Gasteiger partial charge in [0, 0.05) is 12.4 Å². The molecule has 0 aromatic rings. The van der Waals surface area contributed by atoms with Crippen molar-refractivity contribution in [1.29, 1.82) is 0 Å². The van der Waals surface area contributed by atoms with Crippen molar-refractivity contribution in [3.05, 3.63) is 0 Å². The molecule has 0 saturated carbocycles. The lowest BCUT2D eigenvalue weighted by Gasteiger charge is -2.25. The van der Waals surface area contributed by atoms with Gasteiger partial charge in [0.05, 0.1) is 20.1 Å². The normalized spacial score (nSPS) is 53.5. The van der Waals surface area contributed by atoms with Gasteiger partial charge in [-0.05, 0) is 0 Å². The van der Waals surface area contributed by atoms with E-state index in [1.807, 2.05) is 0 Å². The van der Waals surface area contributed by atoms with Gasteiger partial charge in [-0.2, -0.15) is 17.9 Å². The van der Waals surface area contributed by atoms with Crippen LogP contribution >= 0.6 is 0 Å². The van der Waals surface area contributed by atoms with E-state index in [0.29, 0.717) is 12.4 Å². The predicted octanol–water partition coefficient (Wildman–Crippen LogP) is -0.00930. The Bertz CT molecular complexity index is 845. The molecule has 0 aromatic heterocycles. The second kappa shape index (κ2) is 3.36. The van der Waals surface area contributed by atoms with Crippen LogP contribution in [0.2, 0.25) is 0 Å². The fourth-order valence-corrected chi connectivity index (χ4v) is 7.77. The highest BCUT2D eigenvalue weighted by atomic mass is 32.3. The van der Waals surface area contributed by atoms with Gasteiger partial charge in [-0.3, -0.25) is 4.39 Å². The van der Waals surface area contributed by atoms with Crippen LogP contribution < -0.4 is 0 Å². The molecule has 0 amide bonds. The molecule has 0 fully saturated rings. The third-order valence-electron chi connectivity index (χ3n) is 3.32.